The van der Waals surface area contributed by atoms with Gasteiger partial charge in [0.2, 0.25) is 11.6 Å². The van der Waals surface area contributed by atoms with E-state index in [1.54, 1.807) is 6.20 Å². The highest BCUT2D eigenvalue weighted by Crippen LogP contribution is 2.29. The number of hydrogen-bond acceptors (Lipinski definition) is 7. The van der Waals surface area contributed by atoms with Crippen LogP contribution < -0.4 is 0 Å². The second kappa shape index (κ2) is 11.4. The third kappa shape index (κ3) is 5.59. The van der Waals surface area contributed by atoms with Crippen LogP contribution in [0.1, 0.15) is 74.4 Å². The van der Waals surface area contributed by atoms with Gasteiger partial charge in [0.25, 0.3) is 0 Å². The molecule has 0 unspecified atom stereocenters. The summed E-state index contributed by atoms with van der Waals surface area (Å²) in [6, 6.07) is 10.1. The van der Waals surface area contributed by atoms with Crippen LogP contribution in [0.3, 0.4) is 0 Å². The molecule has 0 radical (unpaired) electrons. The van der Waals surface area contributed by atoms with Crippen molar-refractivity contribution in [3.05, 3.63) is 59.9 Å². The van der Waals surface area contributed by atoms with Crippen molar-refractivity contribution in [2.24, 2.45) is 0 Å². The van der Waals surface area contributed by atoms with E-state index >= 15 is 0 Å². The standard InChI is InChI=1S/C25H30N8O/c1-3-5-7-9-23-27-25(22(34)8-6-4-2)30-33(23)17-18-10-12-19(13-11-18)21-16-26-15-14-20(21)24-28-31-32-29-24/h10-16H,3-9,17H2,1-2H3,(H,28,29,31,32). The van der Waals surface area contributed by atoms with Gasteiger partial charge in [0.1, 0.15) is 5.82 Å². The van der Waals surface area contributed by atoms with Crippen LogP contribution in [0.5, 0.6) is 0 Å². The second-order valence-electron chi connectivity index (χ2n) is 8.36. The summed E-state index contributed by atoms with van der Waals surface area (Å²) < 4.78 is 1.89. The van der Waals surface area contributed by atoms with E-state index in [9.17, 15) is 4.79 Å². The number of nitrogens with one attached hydrogen (secondary N) is 1. The molecule has 34 heavy (non-hydrogen) atoms. The van der Waals surface area contributed by atoms with Crippen LogP contribution in [0.25, 0.3) is 22.5 Å². The van der Waals surface area contributed by atoms with Crippen LogP contribution in [-0.4, -0.2) is 46.2 Å². The number of carbonyl (C=O) groups excluding carboxylic acids is 1. The highest BCUT2D eigenvalue weighted by Gasteiger charge is 2.16. The molecule has 0 fully saturated rings. The third-order valence-corrected chi connectivity index (χ3v) is 5.78. The van der Waals surface area contributed by atoms with E-state index in [1.807, 2.05) is 16.9 Å². The fourth-order valence-electron chi connectivity index (χ4n) is 3.85. The summed E-state index contributed by atoms with van der Waals surface area (Å²) >= 11 is 0. The molecule has 0 amide bonds. The van der Waals surface area contributed by atoms with Gasteiger partial charge in [-0.3, -0.25) is 9.78 Å². The molecule has 0 saturated heterocycles. The van der Waals surface area contributed by atoms with Crippen LogP contribution in [-0.2, 0) is 13.0 Å². The van der Waals surface area contributed by atoms with Crippen molar-refractivity contribution in [1.82, 2.24) is 40.4 Å². The van der Waals surface area contributed by atoms with Crippen molar-refractivity contribution in [2.75, 3.05) is 0 Å². The minimum atomic E-state index is 0.0266. The fraction of sp³-hybridized carbons (Fsp3) is 0.400. The maximum atomic E-state index is 12.5. The molecule has 0 aliphatic rings. The van der Waals surface area contributed by atoms with Gasteiger partial charge in [-0.2, -0.15) is 0 Å². The molecular formula is C25H30N8O. The van der Waals surface area contributed by atoms with E-state index in [4.69, 9.17) is 0 Å². The van der Waals surface area contributed by atoms with Gasteiger partial charge in [0.05, 0.1) is 6.54 Å². The average molecular weight is 459 g/mol. The van der Waals surface area contributed by atoms with Crippen LogP contribution in [0, 0.1) is 0 Å². The molecule has 4 aromatic rings. The number of benzene rings is 1. The molecule has 0 aliphatic carbocycles. The number of aromatic nitrogens is 8. The summed E-state index contributed by atoms with van der Waals surface area (Å²) in [6.07, 6.45) is 10.0. The smallest absolute Gasteiger partial charge is 0.217 e. The molecule has 0 aliphatic heterocycles. The van der Waals surface area contributed by atoms with Gasteiger partial charge < -0.3 is 0 Å². The zero-order valence-corrected chi connectivity index (χ0v) is 19.7. The van der Waals surface area contributed by atoms with Gasteiger partial charge in [0, 0.05) is 36.4 Å². The van der Waals surface area contributed by atoms with E-state index in [2.05, 4.69) is 73.8 Å². The SMILES string of the molecule is CCCCCc1nc(C(=O)CCCC)nn1Cc1ccc(-c2cnccc2-c2nnn[nH]2)cc1. The Labute approximate surface area is 199 Å². The zero-order valence-electron chi connectivity index (χ0n) is 19.7. The van der Waals surface area contributed by atoms with Crippen molar-refractivity contribution in [3.8, 4) is 22.5 Å². The van der Waals surface area contributed by atoms with E-state index in [0.29, 0.717) is 24.6 Å². The molecule has 9 nitrogen and oxygen atoms in total. The van der Waals surface area contributed by atoms with Crippen LogP contribution in [0.4, 0.5) is 0 Å². The van der Waals surface area contributed by atoms with Crippen LogP contribution >= 0.6 is 0 Å². The first-order valence-electron chi connectivity index (χ1n) is 11.9. The molecular weight excluding hydrogens is 428 g/mol. The highest BCUT2D eigenvalue weighted by molar-refractivity contribution is 5.92. The number of tetrazole rings is 1. The molecule has 0 saturated carbocycles. The number of H-pyrrole nitrogens is 1. The number of rotatable bonds is 12. The van der Waals surface area contributed by atoms with Gasteiger partial charge in [-0.1, -0.05) is 57.4 Å². The Hall–Kier alpha value is -3.75. The largest absolute Gasteiger partial charge is 0.291 e. The first-order valence-corrected chi connectivity index (χ1v) is 11.9. The number of nitrogens with zero attached hydrogens (tertiary/aromatic N) is 7. The Morgan fingerprint density at radius 1 is 1.00 bits per heavy atom. The number of aromatic amines is 1. The lowest BCUT2D eigenvalue weighted by Gasteiger charge is -2.09. The lowest BCUT2D eigenvalue weighted by atomic mass is 10.0. The Balaban J connectivity index is 1.55. The number of hydrogen-bond donors (Lipinski definition) is 1. The third-order valence-electron chi connectivity index (χ3n) is 5.78. The van der Waals surface area contributed by atoms with E-state index < -0.39 is 0 Å². The Kier molecular flexibility index (Phi) is 7.85. The van der Waals surface area contributed by atoms with Crippen LogP contribution in [0.2, 0.25) is 0 Å². The number of Topliss-reactive ketones (excluding diaryl/α,β-unsaturated/α-hetero) is 1. The molecule has 0 bridgehead atoms. The topological polar surface area (TPSA) is 115 Å². The first-order chi connectivity index (χ1) is 16.7. The summed E-state index contributed by atoms with van der Waals surface area (Å²) in [7, 11) is 0. The fourth-order valence-corrected chi connectivity index (χ4v) is 3.85. The van der Waals surface area contributed by atoms with Gasteiger partial charge in [-0.05, 0) is 40.5 Å². The molecule has 0 atom stereocenters. The molecule has 4 rings (SSSR count). The van der Waals surface area contributed by atoms with Gasteiger partial charge in [-0.25, -0.2) is 14.8 Å². The minimum Gasteiger partial charge on any atom is -0.291 e. The molecule has 1 N–H and O–H groups in total. The maximum absolute atomic E-state index is 12.5. The molecule has 9 heteroatoms. The number of pyridine rings is 1. The van der Waals surface area contributed by atoms with Gasteiger partial charge in [-0.15, -0.1) is 10.2 Å². The summed E-state index contributed by atoms with van der Waals surface area (Å²) in [5, 5.41) is 18.8. The Morgan fingerprint density at radius 3 is 2.56 bits per heavy atom. The summed E-state index contributed by atoms with van der Waals surface area (Å²) in [5.74, 6) is 1.85. The summed E-state index contributed by atoms with van der Waals surface area (Å²) in [5.41, 5.74) is 3.93. The summed E-state index contributed by atoms with van der Waals surface area (Å²) in [6.45, 7) is 4.83. The molecule has 176 valence electrons. The molecule has 1 aromatic carbocycles. The second-order valence-corrected chi connectivity index (χ2v) is 8.36. The lowest BCUT2D eigenvalue weighted by Crippen LogP contribution is -2.08. The number of ketones is 1. The number of unbranched alkanes of at least 4 members (excludes halogenated alkanes) is 3. The Bertz CT molecular complexity index is 1200. The maximum Gasteiger partial charge on any atom is 0.217 e. The van der Waals surface area contributed by atoms with Crippen molar-refractivity contribution in [3.63, 3.8) is 0 Å². The van der Waals surface area contributed by atoms with E-state index in [0.717, 1.165) is 66.6 Å². The quantitative estimate of drug-likeness (QED) is 0.242. The first kappa shape index (κ1) is 23.4. The normalized spacial score (nSPS) is 11.1. The van der Waals surface area contributed by atoms with Crippen molar-refractivity contribution in [1.29, 1.82) is 0 Å². The number of carbonyl (C=O) groups is 1. The monoisotopic (exact) mass is 458 g/mol. The Morgan fingerprint density at radius 2 is 1.82 bits per heavy atom. The van der Waals surface area contributed by atoms with Crippen molar-refractivity contribution in [2.45, 2.75) is 65.3 Å². The lowest BCUT2D eigenvalue weighted by molar-refractivity contribution is 0.0969. The van der Waals surface area contributed by atoms with Gasteiger partial charge >= 0.3 is 0 Å². The average Bonchev–Trinajstić information content (AvgIpc) is 3.54. The molecule has 3 aromatic heterocycles. The predicted molar refractivity (Wildman–Crippen MR) is 129 cm³/mol. The van der Waals surface area contributed by atoms with Crippen molar-refractivity contribution < 1.29 is 4.79 Å². The van der Waals surface area contributed by atoms with Gasteiger partial charge in [0.15, 0.2) is 5.82 Å². The minimum absolute atomic E-state index is 0.0266. The van der Waals surface area contributed by atoms with E-state index in [1.165, 1.54) is 0 Å². The van der Waals surface area contributed by atoms with Crippen molar-refractivity contribution >= 4 is 5.78 Å². The van der Waals surface area contributed by atoms with Crippen LogP contribution in [0.15, 0.2) is 42.7 Å². The highest BCUT2D eigenvalue weighted by atomic mass is 16.1. The number of aryl methyl sites for hydroxylation is 1. The van der Waals surface area contributed by atoms with E-state index in [-0.39, 0.29) is 5.78 Å². The molecule has 0 spiro atoms. The predicted octanol–water partition coefficient (Wildman–Crippen LogP) is 4.67. The molecule has 3 heterocycles. The summed E-state index contributed by atoms with van der Waals surface area (Å²) in [4.78, 5) is 21.4. The zero-order chi connectivity index (χ0) is 23.8.